The van der Waals surface area contributed by atoms with Crippen LogP contribution in [0.2, 0.25) is 0 Å². The Morgan fingerprint density at radius 3 is 1.89 bits per heavy atom. The van der Waals surface area contributed by atoms with E-state index in [-0.39, 0.29) is 6.61 Å². The van der Waals surface area contributed by atoms with Crippen molar-refractivity contribution in [2.75, 3.05) is 6.61 Å². The third-order valence-corrected chi connectivity index (χ3v) is 1.49. The molecule has 1 atom stereocenters. The Balaban J connectivity index is 3.79. The van der Waals surface area contributed by atoms with Crippen LogP contribution in [0.15, 0.2) is 0 Å². The number of aliphatic hydroxyl groups is 3. The summed E-state index contributed by atoms with van der Waals surface area (Å²) < 4.78 is 0. The molecule has 0 aliphatic rings. The Morgan fingerprint density at radius 1 is 1.44 bits per heavy atom. The first-order chi connectivity index (χ1) is 4.02. The van der Waals surface area contributed by atoms with Crippen LogP contribution >= 0.6 is 0 Å². The predicted octanol–water partition coefficient (Wildman–Crippen LogP) is -0.294. The summed E-state index contributed by atoms with van der Waals surface area (Å²) in [6, 6.07) is 0. The molecule has 0 aliphatic carbocycles. The van der Waals surface area contributed by atoms with E-state index in [1.807, 2.05) is 0 Å². The van der Waals surface area contributed by atoms with Crippen molar-refractivity contribution < 1.29 is 15.3 Å². The zero-order valence-corrected chi connectivity index (χ0v) is 5.83. The standard InChI is InChI=1S/C6H14O3/c1-3-5(4-7)6(2,8)9/h5,7-9H,3-4H2,1-2H3. The van der Waals surface area contributed by atoms with Crippen LogP contribution in [0.3, 0.4) is 0 Å². The van der Waals surface area contributed by atoms with E-state index in [2.05, 4.69) is 0 Å². The van der Waals surface area contributed by atoms with Crippen molar-refractivity contribution in [2.45, 2.75) is 26.1 Å². The third-order valence-electron chi connectivity index (χ3n) is 1.49. The molecular formula is C6H14O3. The van der Waals surface area contributed by atoms with Crippen LogP contribution < -0.4 is 0 Å². The normalized spacial score (nSPS) is 15.7. The van der Waals surface area contributed by atoms with Crippen molar-refractivity contribution >= 4 is 0 Å². The highest BCUT2D eigenvalue weighted by Gasteiger charge is 2.26. The van der Waals surface area contributed by atoms with Gasteiger partial charge in [-0.2, -0.15) is 0 Å². The highest BCUT2D eigenvalue weighted by atomic mass is 16.5. The maximum Gasteiger partial charge on any atom is 0.164 e. The Bertz CT molecular complexity index is 70.9. The van der Waals surface area contributed by atoms with E-state index < -0.39 is 11.7 Å². The molecule has 3 nitrogen and oxygen atoms in total. The average molecular weight is 134 g/mol. The molecule has 3 heteroatoms. The van der Waals surface area contributed by atoms with Crippen molar-refractivity contribution in [1.29, 1.82) is 0 Å². The molecule has 0 aromatic heterocycles. The lowest BCUT2D eigenvalue weighted by Gasteiger charge is -2.24. The van der Waals surface area contributed by atoms with Crippen LogP contribution in [0.1, 0.15) is 20.3 Å². The first-order valence-corrected chi connectivity index (χ1v) is 3.08. The van der Waals surface area contributed by atoms with Gasteiger partial charge in [-0.05, 0) is 13.3 Å². The van der Waals surface area contributed by atoms with Crippen LogP contribution in [0.25, 0.3) is 0 Å². The van der Waals surface area contributed by atoms with E-state index in [1.165, 1.54) is 6.92 Å². The topological polar surface area (TPSA) is 60.7 Å². The maximum atomic E-state index is 8.87. The van der Waals surface area contributed by atoms with Crippen molar-refractivity contribution in [3.63, 3.8) is 0 Å². The highest BCUT2D eigenvalue weighted by molar-refractivity contribution is 4.67. The fourth-order valence-corrected chi connectivity index (χ4v) is 0.689. The predicted molar refractivity (Wildman–Crippen MR) is 33.7 cm³/mol. The molecule has 1 unspecified atom stereocenters. The van der Waals surface area contributed by atoms with E-state index in [1.54, 1.807) is 6.92 Å². The van der Waals surface area contributed by atoms with Gasteiger partial charge in [-0.25, -0.2) is 0 Å². The molecule has 0 amide bonds. The first-order valence-electron chi connectivity index (χ1n) is 3.08. The van der Waals surface area contributed by atoms with Gasteiger partial charge in [0.2, 0.25) is 0 Å². The minimum Gasteiger partial charge on any atom is -0.396 e. The molecule has 0 radical (unpaired) electrons. The summed E-state index contributed by atoms with van der Waals surface area (Å²) in [5.74, 6) is -2.17. The van der Waals surface area contributed by atoms with Crippen LogP contribution in [-0.4, -0.2) is 27.7 Å². The highest BCUT2D eigenvalue weighted by Crippen LogP contribution is 2.15. The van der Waals surface area contributed by atoms with Gasteiger partial charge < -0.3 is 15.3 Å². The van der Waals surface area contributed by atoms with Gasteiger partial charge in [0.05, 0.1) is 6.61 Å². The zero-order chi connectivity index (χ0) is 7.49. The summed E-state index contributed by atoms with van der Waals surface area (Å²) in [7, 11) is 0. The number of aliphatic hydroxyl groups excluding tert-OH is 1. The average Bonchev–Trinajstić information content (AvgIpc) is 1.65. The third kappa shape index (κ3) is 2.79. The van der Waals surface area contributed by atoms with Crippen molar-refractivity contribution in [2.24, 2.45) is 5.92 Å². The molecule has 0 fully saturated rings. The summed E-state index contributed by atoms with van der Waals surface area (Å²) in [5.41, 5.74) is 0. The van der Waals surface area contributed by atoms with Crippen molar-refractivity contribution in [3.05, 3.63) is 0 Å². The maximum absolute atomic E-state index is 8.87. The monoisotopic (exact) mass is 134 g/mol. The summed E-state index contributed by atoms with van der Waals surface area (Å²) in [6.45, 7) is 2.89. The lowest BCUT2D eigenvalue weighted by atomic mass is 9.99. The van der Waals surface area contributed by atoms with Gasteiger partial charge in [0.25, 0.3) is 0 Å². The van der Waals surface area contributed by atoms with Gasteiger partial charge in [0.1, 0.15) is 0 Å². The van der Waals surface area contributed by atoms with Gasteiger partial charge in [-0.3, -0.25) is 0 Å². The van der Waals surface area contributed by atoms with Gasteiger partial charge in [0, 0.05) is 5.92 Å². The van der Waals surface area contributed by atoms with Crippen LogP contribution in [-0.2, 0) is 0 Å². The Morgan fingerprint density at radius 2 is 1.89 bits per heavy atom. The minimum absolute atomic E-state index is 0.181. The number of hydrogen-bond acceptors (Lipinski definition) is 3. The second kappa shape index (κ2) is 3.15. The van der Waals surface area contributed by atoms with E-state index >= 15 is 0 Å². The van der Waals surface area contributed by atoms with E-state index in [0.29, 0.717) is 6.42 Å². The van der Waals surface area contributed by atoms with Gasteiger partial charge in [-0.1, -0.05) is 6.92 Å². The second-order valence-corrected chi connectivity index (χ2v) is 2.38. The lowest BCUT2D eigenvalue weighted by molar-refractivity contribution is -0.193. The van der Waals surface area contributed by atoms with Gasteiger partial charge in [0.15, 0.2) is 5.79 Å². The number of rotatable bonds is 3. The van der Waals surface area contributed by atoms with Crippen molar-refractivity contribution in [1.82, 2.24) is 0 Å². The number of hydrogen-bond donors (Lipinski definition) is 3. The largest absolute Gasteiger partial charge is 0.396 e. The molecule has 0 aromatic carbocycles. The summed E-state index contributed by atoms with van der Waals surface area (Å²) in [5, 5.41) is 26.3. The lowest BCUT2D eigenvalue weighted by Crippen LogP contribution is -2.35. The molecule has 3 N–H and O–H groups in total. The molecule has 0 aromatic rings. The summed E-state index contributed by atoms with van der Waals surface area (Å²) >= 11 is 0. The van der Waals surface area contributed by atoms with E-state index in [4.69, 9.17) is 15.3 Å². The molecule has 0 saturated heterocycles. The molecule has 0 spiro atoms. The Hall–Kier alpha value is -0.120. The molecule has 0 aliphatic heterocycles. The molecule has 0 heterocycles. The molecule has 0 saturated carbocycles. The summed E-state index contributed by atoms with van der Waals surface area (Å²) in [4.78, 5) is 0. The fourth-order valence-electron chi connectivity index (χ4n) is 0.689. The van der Waals surface area contributed by atoms with Crippen LogP contribution in [0.4, 0.5) is 0 Å². The fraction of sp³-hybridized carbons (Fsp3) is 1.00. The molecule has 9 heavy (non-hydrogen) atoms. The minimum atomic E-state index is -1.73. The Kier molecular flexibility index (Phi) is 3.11. The quantitative estimate of drug-likeness (QED) is 0.465. The Labute approximate surface area is 54.9 Å². The summed E-state index contributed by atoms with van der Waals surface area (Å²) in [6.07, 6.45) is 0.569. The molecule has 56 valence electrons. The smallest absolute Gasteiger partial charge is 0.164 e. The molecular weight excluding hydrogens is 120 g/mol. The van der Waals surface area contributed by atoms with E-state index in [9.17, 15) is 0 Å². The first kappa shape index (κ1) is 8.88. The second-order valence-electron chi connectivity index (χ2n) is 2.38. The van der Waals surface area contributed by atoms with Crippen LogP contribution in [0, 0.1) is 5.92 Å². The van der Waals surface area contributed by atoms with Crippen LogP contribution in [0.5, 0.6) is 0 Å². The van der Waals surface area contributed by atoms with Gasteiger partial charge >= 0.3 is 0 Å². The zero-order valence-electron chi connectivity index (χ0n) is 5.83. The van der Waals surface area contributed by atoms with E-state index in [0.717, 1.165) is 0 Å². The van der Waals surface area contributed by atoms with Crippen molar-refractivity contribution in [3.8, 4) is 0 Å². The molecule has 0 bridgehead atoms. The molecule has 0 rings (SSSR count). The SMILES string of the molecule is CCC(CO)C(C)(O)O. The van der Waals surface area contributed by atoms with Gasteiger partial charge in [-0.15, -0.1) is 0 Å².